The summed E-state index contributed by atoms with van der Waals surface area (Å²) in [5.41, 5.74) is 0. The Morgan fingerprint density at radius 3 is 2.65 bits per heavy atom. The van der Waals surface area contributed by atoms with Gasteiger partial charge in [0.05, 0.1) is 12.5 Å². The van der Waals surface area contributed by atoms with E-state index in [2.05, 4.69) is 18.6 Å². The molecule has 4 unspecified atom stereocenters. The van der Waals surface area contributed by atoms with Gasteiger partial charge in [-0.05, 0) is 38.0 Å². The van der Waals surface area contributed by atoms with Crippen molar-refractivity contribution in [1.82, 2.24) is 9.03 Å². The van der Waals surface area contributed by atoms with E-state index >= 15 is 0 Å². The molecule has 1 saturated heterocycles. The quantitative estimate of drug-likeness (QED) is 0.772. The Labute approximate surface area is 140 Å². The molecule has 1 N–H and O–H groups in total. The number of esters is 1. The Bertz CT molecular complexity index is 508. The van der Waals surface area contributed by atoms with Crippen LogP contribution >= 0.6 is 0 Å². The largest absolute Gasteiger partial charge is 0.466 e. The summed E-state index contributed by atoms with van der Waals surface area (Å²) in [7, 11) is -3.55. The molecule has 0 aromatic carbocycles. The van der Waals surface area contributed by atoms with Crippen LogP contribution in [0, 0.1) is 17.8 Å². The number of hydrogen-bond donors (Lipinski definition) is 1. The van der Waals surface area contributed by atoms with E-state index in [1.165, 1.54) is 4.31 Å². The van der Waals surface area contributed by atoms with Gasteiger partial charge in [0.15, 0.2) is 0 Å². The first-order valence-corrected chi connectivity index (χ1v) is 10.2. The third-order valence-corrected chi connectivity index (χ3v) is 6.96. The fourth-order valence-electron chi connectivity index (χ4n) is 3.63. The zero-order chi connectivity index (χ0) is 17.0. The Hall–Kier alpha value is -0.660. The van der Waals surface area contributed by atoms with E-state index in [0.29, 0.717) is 37.8 Å². The Kier molecular flexibility index (Phi) is 6.45. The van der Waals surface area contributed by atoms with Crippen molar-refractivity contribution < 1.29 is 17.9 Å². The molecule has 0 aromatic rings. The first-order chi connectivity index (χ1) is 10.8. The standard InChI is InChI=1S/C16H30N2O4S/c1-4-22-16(19)14-8-6-10-18(11-14)23(20,21)17-15-9-5-7-12(2)13(15)3/h12-15,17H,4-11H2,1-3H3. The summed E-state index contributed by atoms with van der Waals surface area (Å²) >= 11 is 0. The zero-order valence-electron chi connectivity index (χ0n) is 14.5. The second-order valence-corrected chi connectivity index (χ2v) is 8.65. The van der Waals surface area contributed by atoms with Crippen LogP contribution in [0.15, 0.2) is 0 Å². The lowest BCUT2D eigenvalue weighted by Gasteiger charge is -2.37. The number of nitrogens with one attached hydrogen (secondary N) is 1. The minimum absolute atomic E-state index is 0.00767. The minimum atomic E-state index is -3.55. The number of nitrogens with zero attached hydrogens (tertiary/aromatic N) is 1. The molecule has 0 aromatic heterocycles. The van der Waals surface area contributed by atoms with E-state index in [0.717, 1.165) is 19.3 Å². The molecule has 6 nitrogen and oxygen atoms in total. The van der Waals surface area contributed by atoms with E-state index in [1.807, 2.05) is 0 Å². The number of piperidine rings is 1. The summed E-state index contributed by atoms with van der Waals surface area (Å²) in [5.74, 6) is 0.240. The van der Waals surface area contributed by atoms with Crippen LogP contribution in [0.25, 0.3) is 0 Å². The Morgan fingerprint density at radius 2 is 1.96 bits per heavy atom. The molecule has 4 atom stereocenters. The van der Waals surface area contributed by atoms with Gasteiger partial charge in [-0.2, -0.15) is 17.4 Å². The summed E-state index contributed by atoms with van der Waals surface area (Å²) in [6, 6.07) is -0.00767. The highest BCUT2D eigenvalue weighted by Gasteiger charge is 2.36. The van der Waals surface area contributed by atoms with Crippen LogP contribution in [0.4, 0.5) is 0 Å². The fourth-order valence-corrected chi connectivity index (χ4v) is 5.24. The maximum Gasteiger partial charge on any atom is 0.310 e. The molecule has 1 aliphatic carbocycles. The topological polar surface area (TPSA) is 75.7 Å². The van der Waals surface area contributed by atoms with Gasteiger partial charge in [0.25, 0.3) is 10.2 Å². The summed E-state index contributed by atoms with van der Waals surface area (Å²) in [6.07, 6.45) is 4.50. The van der Waals surface area contributed by atoms with Crippen molar-refractivity contribution in [3.05, 3.63) is 0 Å². The molecule has 2 rings (SSSR count). The number of ether oxygens (including phenoxy) is 1. The first kappa shape index (κ1) is 18.7. The number of carbonyl (C=O) groups excluding carboxylic acids is 1. The van der Waals surface area contributed by atoms with Crippen molar-refractivity contribution in [2.75, 3.05) is 19.7 Å². The second kappa shape index (κ2) is 7.94. The SMILES string of the molecule is CCOC(=O)C1CCCN(S(=O)(=O)NC2CCCC(C)C2C)C1. The van der Waals surface area contributed by atoms with E-state index in [9.17, 15) is 13.2 Å². The van der Waals surface area contributed by atoms with Crippen molar-refractivity contribution in [3.63, 3.8) is 0 Å². The molecular formula is C16H30N2O4S. The zero-order valence-corrected chi connectivity index (χ0v) is 15.3. The van der Waals surface area contributed by atoms with Crippen molar-refractivity contribution in [2.45, 2.75) is 58.9 Å². The molecule has 0 bridgehead atoms. The van der Waals surface area contributed by atoms with Crippen molar-refractivity contribution in [1.29, 1.82) is 0 Å². The van der Waals surface area contributed by atoms with Gasteiger partial charge in [-0.25, -0.2) is 0 Å². The highest BCUT2D eigenvalue weighted by molar-refractivity contribution is 7.87. The Balaban J connectivity index is 1.99. The smallest absolute Gasteiger partial charge is 0.310 e. The highest BCUT2D eigenvalue weighted by Crippen LogP contribution is 2.30. The molecule has 1 saturated carbocycles. The van der Waals surface area contributed by atoms with Gasteiger partial charge in [0, 0.05) is 19.1 Å². The monoisotopic (exact) mass is 346 g/mol. The number of carbonyl (C=O) groups is 1. The van der Waals surface area contributed by atoms with Gasteiger partial charge < -0.3 is 4.74 Å². The van der Waals surface area contributed by atoms with Crippen molar-refractivity contribution >= 4 is 16.2 Å². The molecule has 1 aliphatic heterocycles. The summed E-state index contributed by atoms with van der Waals surface area (Å²) < 4.78 is 34.7. The van der Waals surface area contributed by atoms with E-state index < -0.39 is 10.2 Å². The van der Waals surface area contributed by atoms with Crippen LogP contribution in [0.5, 0.6) is 0 Å². The maximum atomic E-state index is 12.7. The van der Waals surface area contributed by atoms with Gasteiger partial charge in [-0.3, -0.25) is 4.79 Å². The van der Waals surface area contributed by atoms with Crippen LogP contribution in [0.2, 0.25) is 0 Å². The summed E-state index contributed by atoms with van der Waals surface area (Å²) in [5, 5.41) is 0. The fraction of sp³-hybridized carbons (Fsp3) is 0.938. The predicted molar refractivity (Wildman–Crippen MR) is 89.0 cm³/mol. The van der Waals surface area contributed by atoms with Gasteiger partial charge in [0.1, 0.15) is 0 Å². The molecule has 0 amide bonds. The minimum Gasteiger partial charge on any atom is -0.466 e. The predicted octanol–water partition coefficient (Wildman–Crippen LogP) is 1.92. The molecule has 2 aliphatic rings. The molecular weight excluding hydrogens is 316 g/mol. The average molecular weight is 346 g/mol. The molecule has 7 heteroatoms. The lowest BCUT2D eigenvalue weighted by atomic mass is 9.78. The van der Waals surface area contributed by atoms with Crippen molar-refractivity contribution in [2.24, 2.45) is 17.8 Å². The molecule has 0 spiro atoms. The molecule has 0 radical (unpaired) electrons. The van der Waals surface area contributed by atoms with Crippen LogP contribution in [-0.2, 0) is 19.7 Å². The molecule has 2 fully saturated rings. The molecule has 134 valence electrons. The third-order valence-electron chi connectivity index (χ3n) is 5.35. The summed E-state index contributed by atoms with van der Waals surface area (Å²) in [4.78, 5) is 11.9. The van der Waals surface area contributed by atoms with E-state index in [4.69, 9.17) is 4.74 Å². The molecule has 23 heavy (non-hydrogen) atoms. The van der Waals surface area contributed by atoms with Crippen LogP contribution in [-0.4, -0.2) is 44.4 Å². The third kappa shape index (κ3) is 4.67. The maximum absolute atomic E-state index is 12.7. The highest BCUT2D eigenvalue weighted by atomic mass is 32.2. The van der Waals surface area contributed by atoms with Gasteiger partial charge in [-0.15, -0.1) is 0 Å². The van der Waals surface area contributed by atoms with Crippen LogP contribution in [0.3, 0.4) is 0 Å². The van der Waals surface area contributed by atoms with Gasteiger partial charge in [0.2, 0.25) is 0 Å². The lowest BCUT2D eigenvalue weighted by molar-refractivity contribution is -0.149. The van der Waals surface area contributed by atoms with Crippen molar-refractivity contribution in [3.8, 4) is 0 Å². The second-order valence-electron chi connectivity index (χ2n) is 6.95. The van der Waals surface area contributed by atoms with Gasteiger partial charge >= 0.3 is 5.97 Å². The Morgan fingerprint density at radius 1 is 1.22 bits per heavy atom. The van der Waals surface area contributed by atoms with Crippen LogP contribution < -0.4 is 4.72 Å². The number of hydrogen-bond acceptors (Lipinski definition) is 4. The number of rotatable bonds is 5. The first-order valence-electron chi connectivity index (χ1n) is 8.79. The average Bonchev–Trinajstić information content (AvgIpc) is 2.52. The van der Waals surface area contributed by atoms with E-state index in [-0.39, 0.29) is 24.5 Å². The molecule has 1 heterocycles. The summed E-state index contributed by atoms with van der Waals surface area (Å²) in [6.45, 7) is 7.10. The van der Waals surface area contributed by atoms with Crippen LogP contribution in [0.1, 0.15) is 52.9 Å². The normalized spacial score (nSPS) is 33.3. The van der Waals surface area contributed by atoms with Gasteiger partial charge in [-0.1, -0.05) is 26.7 Å². The van der Waals surface area contributed by atoms with E-state index in [1.54, 1.807) is 6.92 Å². The lowest BCUT2D eigenvalue weighted by Crippen LogP contribution is -2.52.